The topological polar surface area (TPSA) is 20.2 Å². The number of allylic oxidation sites excluding steroid dienone is 4. The van der Waals surface area contributed by atoms with Crippen molar-refractivity contribution in [1.29, 1.82) is 0 Å². The lowest BCUT2D eigenvalue weighted by atomic mass is 9.96. The Morgan fingerprint density at radius 1 is 0.947 bits per heavy atom. The Hall–Kier alpha value is -0.560. The minimum absolute atomic E-state index is 0.167. The highest BCUT2D eigenvalue weighted by atomic mass is 16.3. The average Bonchev–Trinajstić information content (AvgIpc) is 2.27. The first-order chi connectivity index (χ1) is 8.91. The fraction of sp³-hybridized carbons (Fsp3) is 0.778. The van der Waals surface area contributed by atoms with E-state index in [-0.39, 0.29) is 6.10 Å². The van der Waals surface area contributed by atoms with Gasteiger partial charge in [-0.25, -0.2) is 0 Å². The van der Waals surface area contributed by atoms with Gasteiger partial charge in [-0.1, -0.05) is 36.6 Å². The van der Waals surface area contributed by atoms with Gasteiger partial charge in [0.25, 0.3) is 0 Å². The Morgan fingerprint density at radius 2 is 1.58 bits per heavy atom. The summed E-state index contributed by atoms with van der Waals surface area (Å²) in [7, 11) is 0. The van der Waals surface area contributed by atoms with Crippen LogP contribution in [0, 0.1) is 5.92 Å². The van der Waals surface area contributed by atoms with Gasteiger partial charge in [-0.15, -0.1) is 0 Å². The van der Waals surface area contributed by atoms with Gasteiger partial charge in [-0.05, 0) is 72.1 Å². The molecule has 0 aromatic carbocycles. The van der Waals surface area contributed by atoms with Gasteiger partial charge in [0.15, 0.2) is 0 Å². The van der Waals surface area contributed by atoms with Crippen molar-refractivity contribution in [2.24, 2.45) is 5.92 Å². The van der Waals surface area contributed by atoms with Crippen molar-refractivity contribution >= 4 is 0 Å². The van der Waals surface area contributed by atoms with E-state index >= 15 is 0 Å². The van der Waals surface area contributed by atoms with Crippen molar-refractivity contribution in [3.8, 4) is 0 Å². The molecule has 0 heterocycles. The molecule has 0 saturated carbocycles. The Morgan fingerprint density at radius 3 is 2.16 bits per heavy atom. The van der Waals surface area contributed by atoms with E-state index in [9.17, 15) is 5.11 Å². The molecule has 0 bridgehead atoms. The molecule has 1 nitrogen and oxygen atoms in total. The molecular formula is C18H34O. The van der Waals surface area contributed by atoms with Crippen LogP contribution in [-0.4, -0.2) is 11.2 Å². The lowest BCUT2D eigenvalue weighted by Crippen LogP contribution is -1.97. The Kier molecular flexibility index (Phi) is 10.9. The zero-order valence-electron chi connectivity index (χ0n) is 13.7. The summed E-state index contributed by atoms with van der Waals surface area (Å²) in [6, 6.07) is 0. The van der Waals surface area contributed by atoms with Crippen molar-refractivity contribution in [3.05, 3.63) is 23.3 Å². The lowest BCUT2D eigenvalue weighted by Gasteiger charge is -2.10. The molecule has 19 heavy (non-hydrogen) atoms. The van der Waals surface area contributed by atoms with Crippen LogP contribution in [0.2, 0.25) is 0 Å². The molecule has 0 radical (unpaired) electrons. The first kappa shape index (κ1) is 18.4. The zero-order chi connectivity index (χ0) is 14.7. The molecule has 0 amide bonds. The van der Waals surface area contributed by atoms with Gasteiger partial charge in [-0.2, -0.15) is 0 Å². The molecule has 0 spiro atoms. The number of rotatable bonds is 10. The minimum atomic E-state index is -0.167. The highest BCUT2D eigenvalue weighted by molar-refractivity contribution is 4.98. The fourth-order valence-electron chi connectivity index (χ4n) is 2.20. The van der Waals surface area contributed by atoms with Crippen LogP contribution in [-0.2, 0) is 0 Å². The fourth-order valence-corrected chi connectivity index (χ4v) is 2.20. The van der Waals surface area contributed by atoms with Gasteiger partial charge in [0.2, 0.25) is 0 Å². The summed E-state index contributed by atoms with van der Waals surface area (Å²) >= 11 is 0. The summed E-state index contributed by atoms with van der Waals surface area (Å²) in [6.07, 6.45) is 12.8. The largest absolute Gasteiger partial charge is 0.393 e. The smallest absolute Gasteiger partial charge is 0.0515 e. The monoisotopic (exact) mass is 266 g/mol. The Bertz CT molecular complexity index is 269. The molecule has 0 saturated heterocycles. The molecule has 0 aromatic heterocycles. The number of aliphatic hydroxyl groups excluding tert-OH is 1. The van der Waals surface area contributed by atoms with E-state index in [2.05, 4.69) is 39.8 Å². The predicted molar refractivity (Wildman–Crippen MR) is 86.4 cm³/mol. The van der Waals surface area contributed by atoms with Gasteiger partial charge in [0.1, 0.15) is 0 Å². The number of hydrogen-bond donors (Lipinski definition) is 1. The molecule has 0 aliphatic carbocycles. The second-order valence-electron chi connectivity index (χ2n) is 6.33. The number of aliphatic hydroxyl groups is 1. The maximum Gasteiger partial charge on any atom is 0.0515 e. The van der Waals surface area contributed by atoms with Gasteiger partial charge in [0.05, 0.1) is 6.10 Å². The van der Waals surface area contributed by atoms with E-state index in [1.807, 2.05) is 6.92 Å². The van der Waals surface area contributed by atoms with E-state index in [0.29, 0.717) is 0 Å². The van der Waals surface area contributed by atoms with Crippen LogP contribution in [0.3, 0.4) is 0 Å². The predicted octanol–water partition coefficient (Wildman–Crippen LogP) is 5.65. The quantitative estimate of drug-likeness (QED) is 0.507. The van der Waals surface area contributed by atoms with Crippen LogP contribution in [0.15, 0.2) is 23.3 Å². The lowest BCUT2D eigenvalue weighted by molar-refractivity contribution is 0.186. The van der Waals surface area contributed by atoms with Crippen LogP contribution in [0.4, 0.5) is 0 Å². The molecular weight excluding hydrogens is 232 g/mol. The first-order valence-electron chi connectivity index (χ1n) is 7.89. The second kappa shape index (κ2) is 11.3. The van der Waals surface area contributed by atoms with Crippen LogP contribution < -0.4 is 0 Å². The molecule has 0 rings (SSSR count). The Balaban J connectivity index is 3.63. The summed E-state index contributed by atoms with van der Waals surface area (Å²) in [5, 5.41) is 9.20. The summed E-state index contributed by atoms with van der Waals surface area (Å²) < 4.78 is 0. The summed E-state index contributed by atoms with van der Waals surface area (Å²) in [5.74, 6) is 0.834. The third-order valence-corrected chi connectivity index (χ3v) is 3.56. The highest BCUT2D eigenvalue weighted by Crippen LogP contribution is 2.17. The summed E-state index contributed by atoms with van der Waals surface area (Å²) in [6.45, 7) is 10.8. The second-order valence-corrected chi connectivity index (χ2v) is 6.33. The summed E-state index contributed by atoms with van der Waals surface area (Å²) in [5.41, 5.74) is 2.92. The van der Waals surface area contributed by atoms with Crippen LogP contribution in [0.5, 0.6) is 0 Å². The maximum absolute atomic E-state index is 9.20. The average molecular weight is 266 g/mol. The van der Waals surface area contributed by atoms with E-state index in [0.717, 1.165) is 18.8 Å². The Labute approximate surface area is 120 Å². The van der Waals surface area contributed by atoms with Crippen molar-refractivity contribution in [1.82, 2.24) is 0 Å². The van der Waals surface area contributed by atoms with Gasteiger partial charge in [-0.3, -0.25) is 0 Å². The van der Waals surface area contributed by atoms with Crippen molar-refractivity contribution in [2.45, 2.75) is 85.7 Å². The number of hydrogen-bond acceptors (Lipinski definition) is 1. The summed E-state index contributed by atoms with van der Waals surface area (Å²) in [4.78, 5) is 0. The van der Waals surface area contributed by atoms with E-state index in [4.69, 9.17) is 0 Å². The van der Waals surface area contributed by atoms with Crippen molar-refractivity contribution < 1.29 is 5.11 Å². The normalized spacial score (nSPS) is 15.2. The minimum Gasteiger partial charge on any atom is -0.393 e. The maximum atomic E-state index is 9.20. The van der Waals surface area contributed by atoms with E-state index in [1.165, 1.54) is 43.3 Å². The molecule has 0 aliphatic heterocycles. The van der Waals surface area contributed by atoms with Crippen molar-refractivity contribution in [2.75, 3.05) is 0 Å². The standard InChI is InChI=1S/C18H34O/c1-15(2)9-6-10-16(3)11-7-12-17(4)13-8-14-18(5)19/h9,13,16,18-19H,6-8,10-12,14H2,1-5H3. The van der Waals surface area contributed by atoms with E-state index < -0.39 is 0 Å². The van der Waals surface area contributed by atoms with Crippen LogP contribution in [0.1, 0.15) is 79.6 Å². The molecule has 0 aliphatic rings. The van der Waals surface area contributed by atoms with Gasteiger partial charge < -0.3 is 5.11 Å². The first-order valence-corrected chi connectivity index (χ1v) is 7.89. The highest BCUT2D eigenvalue weighted by Gasteiger charge is 2.01. The van der Waals surface area contributed by atoms with Crippen LogP contribution in [0.25, 0.3) is 0 Å². The molecule has 0 aromatic rings. The van der Waals surface area contributed by atoms with Crippen LogP contribution >= 0.6 is 0 Å². The SMILES string of the molecule is CC(C)=CCCC(C)CCCC(C)=CCCC(C)O. The molecule has 2 atom stereocenters. The van der Waals surface area contributed by atoms with E-state index in [1.54, 1.807) is 0 Å². The third kappa shape index (κ3) is 13.7. The third-order valence-electron chi connectivity index (χ3n) is 3.56. The van der Waals surface area contributed by atoms with Gasteiger partial charge in [0, 0.05) is 0 Å². The molecule has 1 N–H and O–H groups in total. The molecule has 112 valence electrons. The van der Waals surface area contributed by atoms with Crippen molar-refractivity contribution in [3.63, 3.8) is 0 Å². The molecule has 0 fully saturated rings. The molecule has 1 heteroatoms. The van der Waals surface area contributed by atoms with Gasteiger partial charge >= 0.3 is 0 Å². The zero-order valence-corrected chi connectivity index (χ0v) is 13.7. The molecule has 2 unspecified atom stereocenters.